The molecule has 286 valence electrons. The highest BCUT2D eigenvalue weighted by molar-refractivity contribution is 6.21. The first-order chi connectivity index (χ1) is 30.2. The first kappa shape index (κ1) is 34.8. The van der Waals surface area contributed by atoms with E-state index in [4.69, 9.17) is 9.40 Å². The van der Waals surface area contributed by atoms with Crippen LogP contribution in [0.3, 0.4) is 0 Å². The highest BCUT2D eigenvalue weighted by Crippen LogP contribution is 2.43. The molecule has 0 spiro atoms. The van der Waals surface area contributed by atoms with Crippen molar-refractivity contribution in [2.45, 2.75) is 0 Å². The molecule has 10 aromatic carbocycles. The van der Waals surface area contributed by atoms with Gasteiger partial charge in [0.15, 0.2) is 5.58 Å². The fourth-order valence-electron chi connectivity index (χ4n) is 9.12. The van der Waals surface area contributed by atoms with Gasteiger partial charge in [0.05, 0.1) is 11.0 Å². The molecule has 0 aliphatic carbocycles. The van der Waals surface area contributed by atoms with Crippen LogP contribution < -0.4 is 4.90 Å². The molecule has 12 aromatic rings. The van der Waals surface area contributed by atoms with Crippen LogP contribution in [0.25, 0.3) is 93.8 Å². The fraction of sp³-hybridized carbons (Fsp3) is 0. The average molecular weight is 780 g/mol. The number of fused-ring (bicyclic) bond motifs is 7. The maximum Gasteiger partial charge on any atom is 0.227 e. The van der Waals surface area contributed by atoms with E-state index in [1.165, 1.54) is 43.4 Å². The minimum absolute atomic E-state index is 0.626. The Balaban J connectivity index is 1.03. The monoisotopic (exact) mass is 779 g/mol. The summed E-state index contributed by atoms with van der Waals surface area (Å²) in [5.74, 6) is 0.626. The van der Waals surface area contributed by atoms with Gasteiger partial charge in [0.1, 0.15) is 5.52 Å². The molecular weight excluding hydrogens is 743 g/mol. The molecule has 0 bridgehead atoms. The van der Waals surface area contributed by atoms with E-state index in [1.807, 2.05) is 36.4 Å². The van der Waals surface area contributed by atoms with Crippen LogP contribution in [0.1, 0.15) is 0 Å². The maximum absolute atomic E-state index is 6.27. The Bertz CT molecular complexity index is 3580. The number of oxazole rings is 1. The van der Waals surface area contributed by atoms with Crippen molar-refractivity contribution in [3.8, 4) is 39.4 Å². The standard InChI is InChI=1S/C57H37N3O/c1-3-15-41(16-4-1)57-58-52-33-27-42(36-55(52)61-57)38-25-29-45(30-26-38)59(46-21-11-18-43(35-46)49-24-12-17-39-13-7-9-22-48(39)49)47-31-32-51-54(37-47)60(44-19-5-2-6-20-44)53-34-28-40-14-8-10-23-50(40)56(51)53/h1-37H. The predicted octanol–water partition coefficient (Wildman–Crippen LogP) is 15.7. The van der Waals surface area contributed by atoms with Crippen molar-refractivity contribution in [2.24, 2.45) is 0 Å². The van der Waals surface area contributed by atoms with Gasteiger partial charge in [0.2, 0.25) is 5.89 Å². The Morgan fingerprint density at radius 2 is 1.05 bits per heavy atom. The van der Waals surface area contributed by atoms with Gasteiger partial charge in [0.25, 0.3) is 0 Å². The number of aromatic nitrogens is 2. The minimum atomic E-state index is 0.626. The molecule has 0 N–H and O–H groups in total. The molecule has 0 amide bonds. The molecule has 0 fully saturated rings. The molecule has 2 heterocycles. The number of benzene rings is 10. The van der Waals surface area contributed by atoms with Gasteiger partial charge in [-0.3, -0.25) is 0 Å². The van der Waals surface area contributed by atoms with Crippen molar-refractivity contribution < 1.29 is 4.42 Å². The van der Waals surface area contributed by atoms with E-state index in [-0.39, 0.29) is 0 Å². The second-order valence-corrected chi connectivity index (χ2v) is 15.6. The zero-order chi connectivity index (χ0) is 40.3. The first-order valence-corrected chi connectivity index (χ1v) is 20.7. The van der Waals surface area contributed by atoms with E-state index < -0.39 is 0 Å². The van der Waals surface area contributed by atoms with Crippen LogP contribution in [-0.2, 0) is 0 Å². The van der Waals surface area contributed by atoms with Crippen molar-refractivity contribution >= 4 is 71.5 Å². The van der Waals surface area contributed by atoms with Gasteiger partial charge in [-0.1, -0.05) is 146 Å². The summed E-state index contributed by atoms with van der Waals surface area (Å²) in [4.78, 5) is 7.15. The van der Waals surface area contributed by atoms with Gasteiger partial charge < -0.3 is 13.9 Å². The number of hydrogen-bond donors (Lipinski definition) is 0. The smallest absolute Gasteiger partial charge is 0.227 e. The number of hydrogen-bond acceptors (Lipinski definition) is 3. The Hall–Kier alpha value is -8.21. The molecule has 61 heavy (non-hydrogen) atoms. The van der Waals surface area contributed by atoms with E-state index in [0.717, 1.165) is 61.6 Å². The summed E-state index contributed by atoms with van der Waals surface area (Å²) >= 11 is 0. The van der Waals surface area contributed by atoms with Gasteiger partial charge in [-0.25, -0.2) is 4.98 Å². The lowest BCUT2D eigenvalue weighted by molar-refractivity contribution is 0.620. The Morgan fingerprint density at radius 3 is 1.89 bits per heavy atom. The van der Waals surface area contributed by atoms with Crippen LogP contribution in [0.2, 0.25) is 0 Å². The third-order valence-corrected chi connectivity index (χ3v) is 12.0. The summed E-state index contributed by atoms with van der Waals surface area (Å²) in [5, 5.41) is 7.43. The van der Waals surface area contributed by atoms with Crippen molar-refractivity contribution in [1.29, 1.82) is 0 Å². The summed E-state index contributed by atoms with van der Waals surface area (Å²) < 4.78 is 8.68. The number of nitrogens with zero attached hydrogens (tertiary/aromatic N) is 3. The molecule has 0 saturated carbocycles. The minimum Gasteiger partial charge on any atom is -0.436 e. The van der Waals surface area contributed by atoms with E-state index in [2.05, 4.69) is 198 Å². The number of para-hydroxylation sites is 1. The SMILES string of the molecule is c1ccc(-c2nc3ccc(-c4ccc(N(c5cccc(-c6cccc7ccccc67)c5)c5ccc6c7c8ccccc8ccc7n(-c7ccccc7)c6c5)cc4)cc3o2)cc1. The summed E-state index contributed by atoms with van der Waals surface area (Å²) in [6.07, 6.45) is 0. The van der Waals surface area contributed by atoms with E-state index in [0.29, 0.717) is 5.89 Å². The molecule has 4 nitrogen and oxygen atoms in total. The Labute approximate surface area is 352 Å². The Kier molecular flexibility index (Phi) is 8.13. The van der Waals surface area contributed by atoms with Crippen LogP contribution in [0.4, 0.5) is 17.1 Å². The quantitative estimate of drug-likeness (QED) is 0.162. The highest BCUT2D eigenvalue weighted by atomic mass is 16.3. The highest BCUT2D eigenvalue weighted by Gasteiger charge is 2.20. The van der Waals surface area contributed by atoms with E-state index in [1.54, 1.807) is 0 Å². The van der Waals surface area contributed by atoms with Crippen LogP contribution in [0, 0.1) is 0 Å². The van der Waals surface area contributed by atoms with E-state index in [9.17, 15) is 0 Å². The summed E-state index contributed by atoms with van der Waals surface area (Å²) in [5.41, 5.74) is 13.8. The molecule has 0 unspecified atom stereocenters. The van der Waals surface area contributed by atoms with Crippen molar-refractivity contribution in [3.63, 3.8) is 0 Å². The topological polar surface area (TPSA) is 34.2 Å². The molecule has 2 aromatic heterocycles. The van der Waals surface area contributed by atoms with Crippen LogP contribution in [-0.4, -0.2) is 9.55 Å². The third-order valence-electron chi connectivity index (χ3n) is 12.0. The molecule has 0 saturated heterocycles. The molecule has 0 atom stereocenters. The van der Waals surface area contributed by atoms with Crippen LogP contribution >= 0.6 is 0 Å². The van der Waals surface area contributed by atoms with E-state index >= 15 is 0 Å². The average Bonchev–Trinajstić information content (AvgIpc) is 3.92. The normalized spacial score (nSPS) is 11.6. The van der Waals surface area contributed by atoms with Crippen molar-refractivity contribution in [1.82, 2.24) is 9.55 Å². The molecule has 0 radical (unpaired) electrons. The second kappa shape index (κ2) is 14.3. The largest absolute Gasteiger partial charge is 0.436 e. The lowest BCUT2D eigenvalue weighted by atomic mass is 9.97. The van der Waals surface area contributed by atoms with Gasteiger partial charge in [-0.05, 0) is 123 Å². The molecule has 4 heteroatoms. The fourth-order valence-corrected chi connectivity index (χ4v) is 9.12. The third kappa shape index (κ3) is 5.96. The number of rotatable bonds is 7. The van der Waals surface area contributed by atoms with Crippen molar-refractivity contribution in [3.05, 3.63) is 224 Å². The lowest BCUT2D eigenvalue weighted by Gasteiger charge is -2.26. The zero-order valence-corrected chi connectivity index (χ0v) is 33.1. The van der Waals surface area contributed by atoms with Gasteiger partial charge in [-0.2, -0.15) is 0 Å². The van der Waals surface area contributed by atoms with Crippen molar-refractivity contribution in [2.75, 3.05) is 4.90 Å². The maximum atomic E-state index is 6.27. The zero-order valence-electron chi connectivity index (χ0n) is 33.1. The summed E-state index contributed by atoms with van der Waals surface area (Å²) in [6, 6.07) is 80.2. The van der Waals surface area contributed by atoms with Crippen LogP contribution in [0.15, 0.2) is 229 Å². The Morgan fingerprint density at radius 1 is 0.393 bits per heavy atom. The van der Waals surface area contributed by atoms with Gasteiger partial charge in [0, 0.05) is 39.1 Å². The lowest BCUT2D eigenvalue weighted by Crippen LogP contribution is -2.10. The van der Waals surface area contributed by atoms with Gasteiger partial charge in [-0.15, -0.1) is 0 Å². The predicted molar refractivity (Wildman–Crippen MR) is 254 cm³/mol. The van der Waals surface area contributed by atoms with Gasteiger partial charge >= 0.3 is 0 Å². The second-order valence-electron chi connectivity index (χ2n) is 15.6. The molecular formula is C57H37N3O. The summed E-state index contributed by atoms with van der Waals surface area (Å²) in [7, 11) is 0. The molecule has 12 rings (SSSR count). The first-order valence-electron chi connectivity index (χ1n) is 20.7. The number of anilines is 3. The molecule has 0 aliphatic rings. The van der Waals surface area contributed by atoms with Crippen LogP contribution in [0.5, 0.6) is 0 Å². The molecule has 0 aliphatic heterocycles. The summed E-state index contributed by atoms with van der Waals surface area (Å²) in [6.45, 7) is 0.